The molecule has 1 atom stereocenters. The van der Waals surface area contributed by atoms with Crippen LogP contribution in [0.4, 0.5) is 0 Å². The Balaban J connectivity index is 1.60. The van der Waals surface area contributed by atoms with Crippen LogP contribution < -0.4 is 5.32 Å². The second-order valence-electron chi connectivity index (χ2n) is 5.73. The Morgan fingerprint density at radius 3 is 2.56 bits per heavy atom. The molecule has 100 valence electrons. The van der Waals surface area contributed by atoms with Crippen molar-refractivity contribution in [2.75, 3.05) is 6.54 Å². The van der Waals surface area contributed by atoms with Crippen molar-refractivity contribution in [2.45, 2.75) is 57.9 Å². The fraction of sp³-hybridized carbons (Fsp3) is 0.647. The predicted octanol–water partition coefficient (Wildman–Crippen LogP) is 4.18. The van der Waals surface area contributed by atoms with Crippen molar-refractivity contribution in [2.24, 2.45) is 5.92 Å². The summed E-state index contributed by atoms with van der Waals surface area (Å²) in [6.07, 6.45) is 9.67. The number of hydrogen-bond donors (Lipinski definition) is 1. The van der Waals surface area contributed by atoms with Crippen LogP contribution in [0, 0.1) is 5.92 Å². The molecule has 1 heteroatoms. The zero-order chi connectivity index (χ0) is 12.6. The van der Waals surface area contributed by atoms with Crippen LogP contribution in [0.1, 0.15) is 51.0 Å². The number of hydrogen-bond acceptors (Lipinski definition) is 1. The van der Waals surface area contributed by atoms with E-state index in [9.17, 15) is 0 Å². The highest BCUT2D eigenvalue weighted by Crippen LogP contribution is 2.26. The zero-order valence-electron chi connectivity index (χ0n) is 11.7. The molecule has 0 unspecified atom stereocenters. The summed E-state index contributed by atoms with van der Waals surface area (Å²) in [4.78, 5) is 0. The van der Waals surface area contributed by atoms with Gasteiger partial charge >= 0.3 is 0 Å². The minimum Gasteiger partial charge on any atom is -0.314 e. The van der Waals surface area contributed by atoms with Gasteiger partial charge in [-0.1, -0.05) is 49.6 Å². The molecule has 0 bridgehead atoms. The first kappa shape index (κ1) is 13.6. The van der Waals surface area contributed by atoms with Gasteiger partial charge in [-0.25, -0.2) is 0 Å². The topological polar surface area (TPSA) is 12.0 Å². The summed E-state index contributed by atoms with van der Waals surface area (Å²) in [5.74, 6) is 0.926. The minimum absolute atomic E-state index is 0.709. The number of aryl methyl sites for hydroxylation is 1. The van der Waals surface area contributed by atoms with Crippen molar-refractivity contribution in [3.63, 3.8) is 0 Å². The molecule has 0 saturated heterocycles. The Morgan fingerprint density at radius 2 is 1.83 bits per heavy atom. The van der Waals surface area contributed by atoms with Crippen LogP contribution in [-0.2, 0) is 6.42 Å². The second kappa shape index (κ2) is 7.58. The third kappa shape index (κ3) is 4.45. The molecule has 1 aromatic rings. The average Bonchev–Trinajstić information content (AvgIpc) is 2.45. The molecule has 0 radical (unpaired) electrons. The summed E-state index contributed by atoms with van der Waals surface area (Å²) >= 11 is 0. The van der Waals surface area contributed by atoms with Crippen molar-refractivity contribution in [3.8, 4) is 0 Å². The summed E-state index contributed by atoms with van der Waals surface area (Å²) < 4.78 is 0. The first-order valence-corrected chi connectivity index (χ1v) is 7.63. The first-order valence-electron chi connectivity index (χ1n) is 7.63. The minimum atomic E-state index is 0.709. The summed E-state index contributed by atoms with van der Waals surface area (Å²) in [5, 5.41) is 3.72. The Bertz CT molecular complexity index is 314. The summed E-state index contributed by atoms with van der Waals surface area (Å²) in [5.41, 5.74) is 1.46. The van der Waals surface area contributed by atoms with Crippen molar-refractivity contribution in [1.82, 2.24) is 5.32 Å². The van der Waals surface area contributed by atoms with E-state index in [4.69, 9.17) is 0 Å². The van der Waals surface area contributed by atoms with Crippen molar-refractivity contribution >= 4 is 0 Å². The lowest BCUT2D eigenvalue weighted by Gasteiger charge is -2.28. The summed E-state index contributed by atoms with van der Waals surface area (Å²) in [7, 11) is 0. The van der Waals surface area contributed by atoms with Crippen LogP contribution in [0.15, 0.2) is 30.3 Å². The van der Waals surface area contributed by atoms with Crippen LogP contribution >= 0.6 is 0 Å². The third-order valence-corrected chi connectivity index (χ3v) is 4.31. The molecule has 1 aromatic carbocycles. The Kier molecular flexibility index (Phi) is 5.73. The van der Waals surface area contributed by atoms with Gasteiger partial charge in [-0.2, -0.15) is 0 Å². The molecule has 1 saturated carbocycles. The molecule has 1 N–H and O–H groups in total. The van der Waals surface area contributed by atoms with Gasteiger partial charge in [0.05, 0.1) is 0 Å². The number of rotatable bonds is 6. The van der Waals surface area contributed by atoms with Crippen LogP contribution in [0.2, 0.25) is 0 Å². The smallest absolute Gasteiger partial charge is 0.00669 e. The normalized spacial score (nSPS) is 18.7. The molecule has 1 aliphatic carbocycles. The number of benzene rings is 1. The summed E-state index contributed by atoms with van der Waals surface area (Å²) in [6.45, 7) is 3.53. The van der Waals surface area contributed by atoms with Gasteiger partial charge in [-0.3, -0.25) is 0 Å². The van der Waals surface area contributed by atoms with Crippen LogP contribution in [-0.4, -0.2) is 12.6 Å². The van der Waals surface area contributed by atoms with E-state index in [0.717, 1.165) is 12.5 Å². The van der Waals surface area contributed by atoms with Crippen molar-refractivity contribution in [1.29, 1.82) is 0 Å². The van der Waals surface area contributed by atoms with E-state index in [2.05, 4.69) is 42.6 Å². The first-order chi connectivity index (χ1) is 8.86. The molecule has 0 spiro atoms. The maximum Gasteiger partial charge on any atom is 0.00669 e. The van der Waals surface area contributed by atoms with Crippen LogP contribution in [0.25, 0.3) is 0 Å². The molecular formula is C17H27N. The van der Waals surface area contributed by atoms with Gasteiger partial charge in [0.15, 0.2) is 0 Å². The van der Waals surface area contributed by atoms with E-state index >= 15 is 0 Å². The molecule has 1 aliphatic rings. The lowest BCUT2D eigenvalue weighted by atomic mass is 9.84. The molecular weight excluding hydrogens is 218 g/mol. The van der Waals surface area contributed by atoms with Gasteiger partial charge in [0.25, 0.3) is 0 Å². The van der Waals surface area contributed by atoms with E-state index in [1.54, 1.807) is 0 Å². The second-order valence-corrected chi connectivity index (χ2v) is 5.73. The highest BCUT2D eigenvalue weighted by molar-refractivity contribution is 5.14. The standard InChI is InChI=1S/C17H27N/c1-15(17-12-6-3-7-13-17)18-14-8-11-16-9-4-2-5-10-16/h2,4-5,9-10,15,17-18H,3,6-8,11-14H2,1H3/t15-/m0/s1. The SMILES string of the molecule is C[C@H](NCCCc1ccccc1)C1CCCCC1. The van der Waals surface area contributed by atoms with E-state index in [0.29, 0.717) is 6.04 Å². The molecule has 0 aliphatic heterocycles. The maximum atomic E-state index is 3.72. The van der Waals surface area contributed by atoms with E-state index < -0.39 is 0 Å². The van der Waals surface area contributed by atoms with Crippen molar-refractivity contribution < 1.29 is 0 Å². The molecule has 2 rings (SSSR count). The highest BCUT2D eigenvalue weighted by atomic mass is 14.9. The molecule has 1 nitrogen and oxygen atoms in total. The Morgan fingerprint density at radius 1 is 1.11 bits per heavy atom. The van der Waals surface area contributed by atoms with Crippen molar-refractivity contribution in [3.05, 3.63) is 35.9 Å². The Labute approximate surface area is 112 Å². The Hall–Kier alpha value is -0.820. The third-order valence-electron chi connectivity index (χ3n) is 4.31. The maximum absolute atomic E-state index is 3.72. The van der Waals surface area contributed by atoms with E-state index in [1.807, 2.05) is 0 Å². The lowest BCUT2D eigenvalue weighted by molar-refractivity contribution is 0.281. The fourth-order valence-corrected chi connectivity index (χ4v) is 3.07. The largest absolute Gasteiger partial charge is 0.314 e. The molecule has 0 heterocycles. The van der Waals surface area contributed by atoms with Gasteiger partial charge in [0.1, 0.15) is 0 Å². The predicted molar refractivity (Wildman–Crippen MR) is 78.8 cm³/mol. The van der Waals surface area contributed by atoms with E-state index in [-0.39, 0.29) is 0 Å². The van der Waals surface area contributed by atoms with Gasteiger partial charge in [-0.15, -0.1) is 0 Å². The fourth-order valence-electron chi connectivity index (χ4n) is 3.07. The van der Waals surface area contributed by atoms with Gasteiger partial charge in [-0.05, 0) is 50.6 Å². The lowest BCUT2D eigenvalue weighted by Crippen LogP contribution is -2.35. The average molecular weight is 245 g/mol. The van der Waals surface area contributed by atoms with Gasteiger partial charge in [0.2, 0.25) is 0 Å². The number of nitrogens with one attached hydrogen (secondary N) is 1. The van der Waals surface area contributed by atoms with Gasteiger partial charge < -0.3 is 5.32 Å². The zero-order valence-corrected chi connectivity index (χ0v) is 11.7. The highest BCUT2D eigenvalue weighted by Gasteiger charge is 2.18. The molecule has 0 aromatic heterocycles. The van der Waals surface area contributed by atoms with Crippen LogP contribution in [0.3, 0.4) is 0 Å². The quantitative estimate of drug-likeness (QED) is 0.741. The molecule has 1 fully saturated rings. The van der Waals surface area contributed by atoms with Crippen LogP contribution in [0.5, 0.6) is 0 Å². The van der Waals surface area contributed by atoms with E-state index in [1.165, 1.54) is 50.5 Å². The monoisotopic (exact) mass is 245 g/mol. The van der Waals surface area contributed by atoms with Gasteiger partial charge in [0, 0.05) is 6.04 Å². The summed E-state index contributed by atoms with van der Waals surface area (Å²) in [6, 6.07) is 11.5. The molecule has 0 amide bonds. The molecule has 18 heavy (non-hydrogen) atoms.